The molecule has 0 radical (unpaired) electrons. The molecule has 20 unspecified atom stereocenters. The van der Waals surface area contributed by atoms with Crippen LogP contribution in [0.15, 0.2) is 17.5 Å². The lowest BCUT2D eigenvalue weighted by atomic mass is 9.88. The maximum absolute atomic E-state index is 15.2. The van der Waals surface area contributed by atoms with Crippen molar-refractivity contribution in [2.75, 3.05) is 66.3 Å². The van der Waals surface area contributed by atoms with Crippen LogP contribution in [0, 0.1) is 5.92 Å². The Kier molecular flexibility index (Phi) is 44.2. The maximum atomic E-state index is 15.2. The molecule has 1 aromatic heterocycles. The van der Waals surface area contributed by atoms with Crippen LogP contribution in [0.2, 0.25) is 0 Å². The molecule has 0 saturated carbocycles. The molecule has 6 fully saturated rings. The van der Waals surface area contributed by atoms with Crippen LogP contribution in [-0.4, -0.2) is 464 Å². The Labute approximate surface area is 799 Å². The Morgan fingerprint density at radius 2 is 1.14 bits per heavy atom. The molecule has 14 amide bonds. The Balaban J connectivity index is 1.14. The number of aromatic amines is 1. The number of likely N-dealkylation sites (tertiary alicyclic amines) is 2. The highest BCUT2D eigenvalue weighted by molar-refractivity contribution is 6.00. The lowest BCUT2D eigenvalue weighted by molar-refractivity contribution is -0.385. The topological polar surface area (TPSA) is 920 Å². The van der Waals surface area contributed by atoms with E-state index in [-0.39, 0.29) is 64.1 Å². The first-order chi connectivity index (χ1) is 65.9. The zero-order valence-corrected chi connectivity index (χ0v) is 78.0. The molecule has 6 aliphatic heterocycles. The number of aromatic nitrogens is 2. The first kappa shape index (κ1) is 116. The molecule has 1 aromatic rings. The molecule has 0 spiro atoms. The quantitative estimate of drug-likeness (QED) is 0.0164. The average molecular weight is 2010 g/mol. The number of hydrogen-bond donors (Lipinski definition) is 31. The molecular weight excluding hydrogens is 1880 g/mol. The smallest absolute Gasteiger partial charge is 0.364 e. The van der Waals surface area contributed by atoms with Crippen molar-refractivity contribution in [3.05, 3.63) is 18.2 Å². The summed E-state index contributed by atoms with van der Waals surface area (Å²) in [6.45, 7) is 1.75. The van der Waals surface area contributed by atoms with Gasteiger partial charge in [-0.1, -0.05) is 13.8 Å². The summed E-state index contributed by atoms with van der Waals surface area (Å²) in [5, 5.41) is 194. The van der Waals surface area contributed by atoms with Crippen LogP contribution >= 0.6 is 0 Å². The summed E-state index contributed by atoms with van der Waals surface area (Å²) in [4.78, 5) is 232. The number of carboxylic acid groups (broad SMARTS) is 2. The van der Waals surface area contributed by atoms with Crippen LogP contribution in [0.4, 0.5) is 0 Å². The maximum Gasteiger partial charge on any atom is 0.364 e. The van der Waals surface area contributed by atoms with Gasteiger partial charge >= 0.3 is 11.9 Å². The number of carboxylic acids is 2. The molecule has 790 valence electrons. The highest BCUT2D eigenvalue weighted by Gasteiger charge is 2.62. The van der Waals surface area contributed by atoms with E-state index in [1.165, 1.54) is 38.3 Å². The number of aliphatic carboxylic acids is 2. The first-order valence-corrected chi connectivity index (χ1v) is 45.0. The van der Waals surface area contributed by atoms with E-state index >= 15 is 4.79 Å². The number of nitrogens with one attached hydrogen (secondary N) is 13. The fourth-order valence-electron chi connectivity index (χ4n) is 16.7. The molecule has 6 aliphatic rings. The molecule has 140 heavy (non-hydrogen) atoms. The number of hydrogen-bond acceptors (Lipinski definition) is 40. The van der Waals surface area contributed by atoms with Gasteiger partial charge in [-0.05, 0) is 65.2 Å². The predicted octanol–water partition coefficient (Wildman–Crippen LogP) is -17.6. The zero-order chi connectivity index (χ0) is 105. The second-order valence-electron chi connectivity index (χ2n) is 34.8. The van der Waals surface area contributed by atoms with Gasteiger partial charge in [-0.25, -0.2) is 9.78 Å². The number of aliphatic imine (C=N–C) groups is 1. The first-order valence-electron chi connectivity index (χ1n) is 45.0. The minimum atomic E-state index is -3.29. The molecule has 7 rings (SSSR count). The van der Waals surface area contributed by atoms with E-state index < -0.39 is 354 Å². The lowest BCUT2D eigenvalue weighted by Crippen LogP contribution is -2.72. The van der Waals surface area contributed by atoms with Gasteiger partial charge in [-0.2, -0.15) is 0 Å². The second kappa shape index (κ2) is 53.3. The van der Waals surface area contributed by atoms with Crippen LogP contribution in [0.25, 0.3) is 0 Å². The number of carbonyl (C=O) groups excluding carboxylic acids is 14. The van der Waals surface area contributed by atoms with Crippen LogP contribution in [-0.2, 0) is 121 Å². The number of aliphatic hydroxyl groups is 13. The third-order valence-corrected chi connectivity index (χ3v) is 23.9. The van der Waals surface area contributed by atoms with Crippen molar-refractivity contribution in [3.8, 4) is 0 Å². The Morgan fingerprint density at radius 1 is 0.593 bits per heavy atom. The standard InChI is InChI=1S/C81H132N20O39/c1-30(2)51(97-49(113)23-88-66(121)38(82)19-37-22-86-29-89-37)71(126)99-53(73(128)96-41(24-102)68(123)90-31(3)74(129)100-17-12-15-43(100)70(125)95-40(20-50(114)115)67(122)98-52(32(4)107)72(127)94-39(13-10-16-87-80(83)84)75(130)101-18-11-14-42(101)69(124)85-9)33(5)133-77-56(93-36(8)110)63(58(117)46(26-104)134-77)138-76-55(92-35(7)109)60(119)62(48(28-106)136-76)137-78-61(120)65(59(118)47(27-105)135-78)140-81(79(131)132)21-44(111)54(91-34(6)108)64(139-81)57(116)45(112)25-103/h22,29-33,38-48,51-65,76-78,102-107,111-112,116-120H,10-21,23-28,82H2,1-9H3,(H,85,124)(H,86,89)(H,88,121)(H,90,123)(H,91,108)(H,92,109)(H,93,110)(H,94,127)(H,95,125)(H,96,128)(H,97,113)(H,98,122)(H,99,126)(H,114,115)(H,131,132)(H4,83,84,87)/t31?,32?,33?,38?,39?,40?,41?,42?,43?,44?,45-,46-,47-,48-,51?,52?,53?,54+,55?,56?,57-,58-,59-,60?,61?,62-,63?,64?,65?,76-,77+,78-,81+/m1/s1. The molecule has 0 bridgehead atoms. The van der Waals surface area contributed by atoms with E-state index in [9.17, 15) is 149 Å². The van der Waals surface area contributed by atoms with Crippen molar-refractivity contribution in [2.45, 2.75) is 314 Å². The highest BCUT2D eigenvalue weighted by Crippen LogP contribution is 2.40. The number of imidazole rings is 1. The number of likely N-dealkylation sites (N-methyl/N-ethyl adjacent to an activating group) is 1. The largest absolute Gasteiger partial charge is 0.481 e. The molecule has 0 aliphatic carbocycles. The molecule has 0 aromatic carbocycles. The number of guanidine groups is 1. The molecule has 34 N–H and O–H groups in total. The van der Waals surface area contributed by atoms with Crippen LogP contribution < -0.4 is 81.0 Å². The molecular formula is C81H132N20O39. The number of ether oxygens (including phenoxy) is 8. The fourth-order valence-corrected chi connectivity index (χ4v) is 16.7. The van der Waals surface area contributed by atoms with E-state index in [4.69, 9.17) is 55.1 Å². The molecule has 59 heteroatoms. The van der Waals surface area contributed by atoms with Gasteiger partial charge in [-0.3, -0.25) is 76.9 Å². The number of amides is 14. The van der Waals surface area contributed by atoms with Crippen molar-refractivity contribution in [1.29, 1.82) is 0 Å². The Morgan fingerprint density at radius 3 is 1.69 bits per heavy atom. The highest BCUT2D eigenvalue weighted by atomic mass is 16.8. The zero-order valence-electron chi connectivity index (χ0n) is 78.0. The second-order valence-corrected chi connectivity index (χ2v) is 34.8. The summed E-state index contributed by atoms with van der Waals surface area (Å²) in [6, 6.07) is -22.7. The van der Waals surface area contributed by atoms with Crippen LogP contribution in [0.3, 0.4) is 0 Å². The fraction of sp³-hybridized carbons (Fsp3) is 0.753. The average Bonchev–Trinajstić information content (AvgIpc) is 0.869. The summed E-state index contributed by atoms with van der Waals surface area (Å²) in [6.07, 6.45) is -40.2. The van der Waals surface area contributed by atoms with Crippen molar-refractivity contribution < 1.29 is 191 Å². The minimum Gasteiger partial charge on any atom is -0.481 e. The van der Waals surface area contributed by atoms with E-state index in [1.54, 1.807) is 0 Å². The number of rotatable bonds is 49. The monoisotopic (exact) mass is 2010 g/mol. The number of carbonyl (C=O) groups is 16. The SMILES string of the molecule is CNC(=O)C1CCCN1C(=O)C(CCCN=C(N)N)NC(=O)C(NC(=O)C(CC(=O)O)NC(=O)C1CCCN1C(=O)C(C)NC(=O)C(CO)NC(=O)C(NC(=O)C(NC(=O)CNC(=O)C(N)Cc1cnc[nH]1)C(C)C)C(C)O[C@H]1O[C@H](CO)[C@@H](O)C(O[C@H]2O[C@H](CO)[C@@H](O[C@H]3O[C@H](CO)[C@@H](O)C(O[C@]4(C(=O)O)CC(O)[C@H](NC(C)=O)C([C@H](O)[C@H](O)CO)O4)C3O)C(O)C2NC(C)=O)C1NC(C)=O)C(C)O. The van der Waals surface area contributed by atoms with Gasteiger partial charge in [-0.15, -0.1) is 0 Å². The van der Waals surface area contributed by atoms with E-state index in [0.717, 1.165) is 46.4 Å². The molecule has 6 saturated heterocycles. The van der Waals surface area contributed by atoms with Gasteiger partial charge in [0.15, 0.2) is 24.8 Å². The van der Waals surface area contributed by atoms with Crippen LogP contribution in [0.1, 0.15) is 112 Å². The summed E-state index contributed by atoms with van der Waals surface area (Å²) in [5.41, 5.74) is 17.5. The van der Waals surface area contributed by atoms with E-state index in [1.807, 2.05) is 0 Å². The molecule has 59 nitrogen and oxygen atoms in total. The van der Waals surface area contributed by atoms with Crippen molar-refractivity contribution in [3.63, 3.8) is 0 Å². The lowest BCUT2D eigenvalue weighted by Gasteiger charge is -2.51. The number of nitrogens with two attached hydrogens (primary N) is 3. The Bertz CT molecular complexity index is 4430. The van der Waals surface area contributed by atoms with Gasteiger partial charge < -0.3 is 210 Å². The number of aliphatic hydroxyl groups excluding tert-OH is 13. The third kappa shape index (κ3) is 30.6. The van der Waals surface area contributed by atoms with Gasteiger partial charge in [0.25, 0.3) is 5.79 Å². The van der Waals surface area contributed by atoms with Crippen LogP contribution in [0.5, 0.6) is 0 Å². The Hall–Kier alpha value is -10.9. The summed E-state index contributed by atoms with van der Waals surface area (Å²) in [5.74, 6) is -23.0. The third-order valence-electron chi connectivity index (χ3n) is 23.9. The van der Waals surface area contributed by atoms with Gasteiger partial charge in [0, 0.05) is 72.2 Å². The van der Waals surface area contributed by atoms with Crippen molar-refractivity contribution in [2.24, 2.45) is 28.1 Å². The van der Waals surface area contributed by atoms with E-state index in [2.05, 4.69) is 78.8 Å². The van der Waals surface area contributed by atoms with Gasteiger partial charge in [0.1, 0.15) is 146 Å². The predicted molar refractivity (Wildman–Crippen MR) is 466 cm³/mol. The van der Waals surface area contributed by atoms with E-state index in [0.29, 0.717) is 12.1 Å². The van der Waals surface area contributed by atoms with Gasteiger partial charge in [0.2, 0.25) is 82.7 Å². The number of nitrogens with zero attached hydrogens (tertiary/aromatic N) is 4. The summed E-state index contributed by atoms with van der Waals surface area (Å²) >= 11 is 0. The number of H-pyrrole nitrogens is 1. The van der Waals surface area contributed by atoms with Crippen molar-refractivity contribution >= 4 is 101 Å². The normalized spacial score (nSPS) is 29.4. The van der Waals surface area contributed by atoms with Crippen molar-refractivity contribution in [1.82, 2.24) is 83.6 Å². The molecule has 7 heterocycles. The summed E-state index contributed by atoms with van der Waals surface area (Å²) < 4.78 is 47.9. The minimum absolute atomic E-state index is 0.0191. The van der Waals surface area contributed by atoms with Gasteiger partial charge in [0.05, 0.1) is 82.7 Å². The summed E-state index contributed by atoms with van der Waals surface area (Å²) in [7, 11) is 1.37. The molecule has 33 atom stereocenters.